The van der Waals surface area contributed by atoms with Crippen molar-refractivity contribution in [3.05, 3.63) is 29.2 Å². The Kier molecular flexibility index (Phi) is 3.10. The molecular formula is C11H9ClN2O3. The fourth-order valence-electron chi connectivity index (χ4n) is 1.46. The highest BCUT2D eigenvalue weighted by atomic mass is 35.5. The van der Waals surface area contributed by atoms with E-state index in [0.717, 1.165) is 0 Å². The summed E-state index contributed by atoms with van der Waals surface area (Å²) in [5.74, 6) is 0.0427. The van der Waals surface area contributed by atoms with Crippen molar-refractivity contribution in [2.75, 3.05) is 14.2 Å². The number of methoxy groups -OCH3 is 2. The number of hydrogen-bond donors (Lipinski definition) is 0. The van der Waals surface area contributed by atoms with Crippen LogP contribution in [0.15, 0.2) is 18.2 Å². The SMILES string of the molecule is COC(=O)c1nc(Cl)nc2ccc(OC)cc12. The zero-order valence-electron chi connectivity index (χ0n) is 9.23. The summed E-state index contributed by atoms with van der Waals surface area (Å²) in [5, 5.41) is 0.545. The third kappa shape index (κ3) is 2.14. The second kappa shape index (κ2) is 4.55. The van der Waals surface area contributed by atoms with Crippen LogP contribution >= 0.6 is 11.6 Å². The summed E-state index contributed by atoms with van der Waals surface area (Å²) < 4.78 is 9.72. The van der Waals surface area contributed by atoms with Crippen molar-refractivity contribution < 1.29 is 14.3 Å². The molecule has 5 nitrogen and oxygen atoms in total. The molecule has 2 rings (SSSR count). The summed E-state index contributed by atoms with van der Waals surface area (Å²) in [5.41, 5.74) is 0.688. The van der Waals surface area contributed by atoms with Crippen LogP contribution in [0.25, 0.3) is 10.9 Å². The lowest BCUT2D eigenvalue weighted by Gasteiger charge is -2.06. The van der Waals surface area contributed by atoms with E-state index < -0.39 is 5.97 Å². The van der Waals surface area contributed by atoms with Gasteiger partial charge in [-0.3, -0.25) is 0 Å². The monoisotopic (exact) mass is 252 g/mol. The zero-order chi connectivity index (χ0) is 12.4. The molecule has 0 saturated carbocycles. The van der Waals surface area contributed by atoms with Crippen LogP contribution in [0, 0.1) is 0 Å². The summed E-state index contributed by atoms with van der Waals surface area (Å²) in [7, 11) is 2.82. The average molecular weight is 253 g/mol. The largest absolute Gasteiger partial charge is 0.497 e. The lowest BCUT2D eigenvalue weighted by molar-refractivity contribution is 0.0596. The normalized spacial score (nSPS) is 10.3. The number of carbonyl (C=O) groups excluding carboxylic acids is 1. The Morgan fingerprint density at radius 2 is 2.06 bits per heavy atom. The van der Waals surface area contributed by atoms with Crippen LogP contribution in [0.4, 0.5) is 0 Å². The summed E-state index contributed by atoms with van der Waals surface area (Å²) in [6, 6.07) is 5.10. The minimum Gasteiger partial charge on any atom is -0.497 e. The zero-order valence-corrected chi connectivity index (χ0v) is 9.99. The van der Waals surface area contributed by atoms with Crippen LogP contribution in [0.1, 0.15) is 10.5 Å². The molecule has 1 aromatic carbocycles. The van der Waals surface area contributed by atoms with Crippen LogP contribution in [0.5, 0.6) is 5.75 Å². The second-order valence-corrected chi connectivity index (χ2v) is 3.55. The van der Waals surface area contributed by atoms with Crippen molar-refractivity contribution in [1.29, 1.82) is 0 Å². The Bertz CT molecular complexity index is 586. The third-order valence-corrected chi connectivity index (χ3v) is 2.42. The molecule has 0 aliphatic rings. The molecule has 17 heavy (non-hydrogen) atoms. The highest BCUT2D eigenvalue weighted by Crippen LogP contribution is 2.23. The van der Waals surface area contributed by atoms with Gasteiger partial charge in [-0.2, -0.15) is 0 Å². The molecule has 0 N–H and O–H groups in total. The Morgan fingerprint density at radius 3 is 2.71 bits per heavy atom. The van der Waals surface area contributed by atoms with Gasteiger partial charge < -0.3 is 9.47 Å². The standard InChI is InChI=1S/C11H9ClN2O3/c1-16-6-3-4-8-7(5-6)9(10(15)17-2)14-11(12)13-8/h3-5H,1-2H3. The topological polar surface area (TPSA) is 61.3 Å². The highest BCUT2D eigenvalue weighted by Gasteiger charge is 2.15. The first-order valence-corrected chi connectivity index (χ1v) is 5.13. The number of halogens is 1. The molecule has 0 aliphatic carbocycles. The third-order valence-electron chi connectivity index (χ3n) is 2.25. The maximum absolute atomic E-state index is 11.6. The Hall–Kier alpha value is -1.88. The maximum Gasteiger partial charge on any atom is 0.357 e. The van der Waals surface area contributed by atoms with Crippen LogP contribution in [0.3, 0.4) is 0 Å². The molecule has 0 spiro atoms. The molecule has 0 atom stereocenters. The lowest BCUT2D eigenvalue weighted by atomic mass is 10.2. The van der Waals surface area contributed by atoms with E-state index in [2.05, 4.69) is 14.7 Å². The molecular weight excluding hydrogens is 244 g/mol. The van der Waals surface area contributed by atoms with E-state index >= 15 is 0 Å². The molecule has 0 fully saturated rings. The number of ether oxygens (including phenoxy) is 2. The van der Waals surface area contributed by atoms with Gasteiger partial charge in [0, 0.05) is 5.39 Å². The molecule has 0 radical (unpaired) electrons. The van der Waals surface area contributed by atoms with E-state index in [1.807, 2.05) is 0 Å². The number of aromatic nitrogens is 2. The van der Waals surface area contributed by atoms with Crippen molar-refractivity contribution in [3.8, 4) is 5.75 Å². The molecule has 0 amide bonds. The molecule has 0 unspecified atom stereocenters. The molecule has 0 bridgehead atoms. The smallest absolute Gasteiger partial charge is 0.357 e. The quantitative estimate of drug-likeness (QED) is 0.605. The van der Waals surface area contributed by atoms with Crippen LogP contribution in [0.2, 0.25) is 5.28 Å². The Balaban J connectivity index is 2.74. The average Bonchev–Trinajstić information content (AvgIpc) is 2.36. The summed E-state index contributed by atoms with van der Waals surface area (Å²) >= 11 is 5.74. The van der Waals surface area contributed by atoms with Gasteiger partial charge in [0.1, 0.15) is 5.75 Å². The number of nitrogens with zero attached hydrogens (tertiary/aromatic N) is 2. The van der Waals surface area contributed by atoms with E-state index in [1.165, 1.54) is 14.2 Å². The maximum atomic E-state index is 11.6. The van der Waals surface area contributed by atoms with Crippen LogP contribution < -0.4 is 4.74 Å². The Labute approximate surface area is 102 Å². The fourth-order valence-corrected chi connectivity index (χ4v) is 1.63. The number of benzene rings is 1. The molecule has 6 heteroatoms. The number of rotatable bonds is 2. The van der Waals surface area contributed by atoms with E-state index in [4.69, 9.17) is 16.3 Å². The first kappa shape index (κ1) is 11.6. The minimum absolute atomic E-state index is 0.00284. The van der Waals surface area contributed by atoms with Crippen LogP contribution in [-0.4, -0.2) is 30.2 Å². The molecule has 2 aromatic rings. The van der Waals surface area contributed by atoms with Gasteiger partial charge in [0.05, 0.1) is 19.7 Å². The van der Waals surface area contributed by atoms with E-state index in [1.54, 1.807) is 18.2 Å². The van der Waals surface area contributed by atoms with Gasteiger partial charge in [-0.1, -0.05) is 0 Å². The van der Waals surface area contributed by atoms with Crippen LogP contribution in [-0.2, 0) is 4.74 Å². The first-order valence-electron chi connectivity index (χ1n) is 4.75. The number of hydrogen-bond acceptors (Lipinski definition) is 5. The van der Waals surface area contributed by atoms with Crippen molar-refractivity contribution in [2.45, 2.75) is 0 Å². The van der Waals surface area contributed by atoms with Crippen molar-refractivity contribution in [1.82, 2.24) is 9.97 Å². The summed E-state index contributed by atoms with van der Waals surface area (Å²) in [6.07, 6.45) is 0. The van der Waals surface area contributed by atoms with E-state index in [0.29, 0.717) is 16.7 Å². The number of esters is 1. The lowest BCUT2D eigenvalue weighted by Crippen LogP contribution is -2.06. The molecule has 1 aromatic heterocycles. The van der Waals surface area contributed by atoms with Gasteiger partial charge >= 0.3 is 5.97 Å². The Morgan fingerprint density at radius 1 is 1.29 bits per heavy atom. The highest BCUT2D eigenvalue weighted by molar-refractivity contribution is 6.29. The molecule has 1 heterocycles. The van der Waals surface area contributed by atoms with E-state index in [-0.39, 0.29) is 11.0 Å². The molecule has 0 aliphatic heterocycles. The van der Waals surface area contributed by atoms with Gasteiger partial charge in [-0.25, -0.2) is 14.8 Å². The van der Waals surface area contributed by atoms with Gasteiger partial charge in [0.25, 0.3) is 0 Å². The second-order valence-electron chi connectivity index (χ2n) is 3.22. The van der Waals surface area contributed by atoms with Gasteiger partial charge in [-0.15, -0.1) is 0 Å². The number of fused-ring (bicyclic) bond motifs is 1. The summed E-state index contributed by atoms with van der Waals surface area (Å²) in [6.45, 7) is 0. The fraction of sp³-hybridized carbons (Fsp3) is 0.182. The first-order chi connectivity index (χ1) is 8.15. The number of carbonyl (C=O) groups is 1. The predicted octanol–water partition coefficient (Wildman–Crippen LogP) is 2.08. The van der Waals surface area contributed by atoms with Gasteiger partial charge in [0.15, 0.2) is 5.69 Å². The molecule has 0 saturated heterocycles. The van der Waals surface area contributed by atoms with Crippen molar-refractivity contribution in [3.63, 3.8) is 0 Å². The molecule has 88 valence electrons. The van der Waals surface area contributed by atoms with E-state index in [9.17, 15) is 4.79 Å². The van der Waals surface area contributed by atoms with Crippen molar-refractivity contribution in [2.24, 2.45) is 0 Å². The van der Waals surface area contributed by atoms with Gasteiger partial charge in [0.2, 0.25) is 5.28 Å². The summed E-state index contributed by atoms with van der Waals surface area (Å²) in [4.78, 5) is 19.5. The van der Waals surface area contributed by atoms with Crippen molar-refractivity contribution >= 4 is 28.5 Å². The predicted molar refractivity (Wildman–Crippen MR) is 62.4 cm³/mol. The minimum atomic E-state index is -0.562. The van der Waals surface area contributed by atoms with Gasteiger partial charge in [-0.05, 0) is 29.8 Å².